The summed E-state index contributed by atoms with van der Waals surface area (Å²) in [6, 6.07) is 7.96. The first-order chi connectivity index (χ1) is 11.4. The Labute approximate surface area is 168 Å². The van der Waals surface area contributed by atoms with Crippen LogP contribution in [0.1, 0.15) is 24.3 Å². The number of phenolic OH excluding ortho intramolecular Hbond substituents is 1. The van der Waals surface area contributed by atoms with Gasteiger partial charge in [-0.25, -0.2) is 9.38 Å². The van der Waals surface area contributed by atoms with E-state index in [4.69, 9.17) is 0 Å². The van der Waals surface area contributed by atoms with Gasteiger partial charge in [-0.2, -0.15) is 0 Å². The van der Waals surface area contributed by atoms with E-state index in [0.717, 1.165) is 4.88 Å². The van der Waals surface area contributed by atoms with Crippen LogP contribution in [0.25, 0.3) is 0 Å². The van der Waals surface area contributed by atoms with Gasteiger partial charge in [-0.05, 0) is 43.0 Å². The molecule has 25 heavy (non-hydrogen) atoms. The molecule has 4 N–H and O–H groups in total. The summed E-state index contributed by atoms with van der Waals surface area (Å²) in [5.41, 5.74) is -0.359. The lowest BCUT2D eigenvalue weighted by molar-refractivity contribution is 0.0655. The van der Waals surface area contributed by atoms with Gasteiger partial charge in [-0.15, -0.1) is 35.3 Å². The molecule has 2 rings (SSSR count). The Morgan fingerprint density at radius 3 is 2.68 bits per heavy atom. The number of rotatable bonds is 6. The Kier molecular flexibility index (Phi) is 8.60. The van der Waals surface area contributed by atoms with E-state index in [-0.39, 0.29) is 36.3 Å². The number of nitrogens with one attached hydrogen (secondary N) is 2. The van der Waals surface area contributed by atoms with E-state index in [1.54, 1.807) is 13.0 Å². The third-order valence-electron chi connectivity index (χ3n) is 3.43. The van der Waals surface area contributed by atoms with Gasteiger partial charge in [0.05, 0.1) is 13.1 Å². The van der Waals surface area contributed by atoms with Crippen LogP contribution in [-0.2, 0) is 12.1 Å². The van der Waals surface area contributed by atoms with Crippen molar-refractivity contribution in [1.29, 1.82) is 0 Å². The van der Waals surface area contributed by atoms with Crippen LogP contribution in [0.15, 0.2) is 40.7 Å². The number of aliphatic imine (C=N–C) groups is 1. The predicted molar refractivity (Wildman–Crippen MR) is 110 cm³/mol. The predicted octanol–water partition coefficient (Wildman–Crippen LogP) is 3.17. The Bertz CT molecular complexity index is 693. The van der Waals surface area contributed by atoms with Gasteiger partial charge < -0.3 is 20.8 Å². The average molecular weight is 479 g/mol. The molecule has 1 unspecified atom stereocenters. The first-order valence-electron chi connectivity index (χ1n) is 7.68. The zero-order chi connectivity index (χ0) is 17.6. The van der Waals surface area contributed by atoms with E-state index >= 15 is 0 Å². The molecule has 1 heterocycles. The zero-order valence-corrected chi connectivity index (χ0v) is 17.3. The van der Waals surface area contributed by atoms with Crippen LogP contribution in [0.2, 0.25) is 0 Å². The minimum atomic E-state index is -1.00. The van der Waals surface area contributed by atoms with E-state index in [2.05, 4.69) is 15.6 Å². The first kappa shape index (κ1) is 21.7. The van der Waals surface area contributed by atoms with Crippen molar-refractivity contribution in [1.82, 2.24) is 10.6 Å². The van der Waals surface area contributed by atoms with Crippen molar-refractivity contribution in [3.05, 3.63) is 52.0 Å². The fourth-order valence-electron chi connectivity index (χ4n) is 2.09. The van der Waals surface area contributed by atoms with Crippen LogP contribution in [0, 0.1) is 5.82 Å². The third-order valence-corrected chi connectivity index (χ3v) is 4.55. The Balaban J connectivity index is 0.00000312. The second-order valence-corrected chi connectivity index (χ2v) is 6.53. The lowest BCUT2D eigenvalue weighted by Crippen LogP contribution is -2.44. The second-order valence-electron chi connectivity index (χ2n) is 5.59. The molecule has 138 valence electrons. The second kappa shape index (κ2) is 9.93. The molecule has 1 aromatic carbocycles. The summed E-state index contributed by atoms with van der Waals surface area (Å²) in [7, 11) is 0. The largest absolute Gasteiger partial charge is 0.505 e. The molecule has 0 spiro atoms. The van der Waals surface area contributed by atoms with E-state index in [9.17, 15) is 14.6 Å². The molecule has 0 saturated carbocycles. The summed E-state index contributed by atoms with van der Waals surface area (Å²) < 4.78 is 13.4. The lowest BCUT2D eigenvalue weighted by atomic mass is 10.1. The van der Waals surface area contributed by atoms with Crippen LogP contribution >= 0.6 is 35.3 Å². The van der Waals surface area contributed by atoms with Crippen LogP contribution in [0.5, 0.6) is 5.75 Å². The number of halogens is 2. The summed E-state index contributed by atoms with van der Waals surface area (Å²) in [6.45, 7) is 4.90. The number of aliphatic hydroxyl groups is 1. The van der Waals surface area contributed by atoms with Gasteiger partial charge in [-0.3, -0.25) is 0 Å². The van der Waals surface area contributed by atoms with Gasteiger partial charge in [0.2, 0.25) is 0 Å². The molecule has 8 heteroatoms. The van der Waals surface area contributed by atoms with E-state index < -0.39 is 11.4 Å². The van der Waals surface area contributed by atoms with Gasteiger partial charge in [0.25, 0.3) is 0 Å². The Hall–Kier alpha value is -1.39. The summed E-state index contributed by atoms with van der Waals surface area (Å²) in [6.07, 6.45) is 0. The number of benzene rings is 1. The maximum absolute atomic E-state index is 13.4. The van der Waals surface area contributed by atoms with Crippen LogP contribution < -0.4 is 10.6 Å². The molecule has 0 amide bonds. The molecule has 0 fully saturated rings. The molecular formula is C17H23FIN3O2S. The van der Waals surface area contributed by atoms with E-state index in [0.29, 0.717) is 24.6 Å². The molecule has 1 aromatic heterocycles. The maximum atomic E-state index is 13.4. The van der Waals surface area contributed by atoms with Gasteiger partial charge in [0.1, 0.15) is 5.60 Å². The van der Waals surface area contributed by atoms with Crippen molar-refractivity contribution in [2.24, 2.45) is 4.99 Å². The number of hydrogen-bond acceptors (Lipinski definition) is 4. The third kappa shape index (κ3) is 6.44. The number of aromatic hydroxyl groups is 1. The van der Waals surface area contributed by atoms with Crippen LogP contribution in [0.4, 0.5) is 4.39 Å². The Morgan fingerprint density at radius 2 is 2.08 bits per heavy atom. The molecule has 1 atom stereocenters. The van der Waals surface area contributed by atoms with Crippen molar-refractivity contribution in [2.45, 2.75) is 26.0 Å². The van der Waals surface area contributed by atoms with Gasteiger partial charge >= 0.3 is 0 Å². The molecule has 0 radical (unpaired) electrons. The zero-order valence-electron chi connectivity index (χ0n) is 14.1. The molecule has 2 aromatic rings. The molecule has 0 bridgehead atoms. The molecule has 0 aliphatic carbocycles. The summed E-state index contributed by atoms with van der Waals surface area (Å²) in [5, 5.41) is 27.8. The SMILES string of the molecule is CCNC(=NCc1ccc(O)c(F)c1)NCC(C)(O)c1cccs1.I. The highest BCUT2D eigenvalue weighted by Gasteiger charge is 2.24. The van der Waals surface area contributed by atoms with Crippen molar-refractivity contribution in [2.75, 3.05) is 13.1 Å². The monoisotopic (exact) mass is 479 g/mol. The normalized spacial score (nSPS) is 13.7. The van der Waals surface area contributed by atoms with E-state index in [1.165, 1.54) is 23.5 Å². The number of phenols is 1. The number of guanidine groups is 1. The number of nitrogens with zero attached hydrogens (tertiary/aromatic N) is 1. The van der Waals surface area contributed by atoms with Crippen molar-refractivity contribution < 1.29 is 14.6 Å². The van der Waals surface area contributed by atoms with Crippen molar-refractivity contribution in [3.8, 4) is 5.75 Å². The summed E-state index contributed by atoms with van der Waals surface area (Å²) >= 11 is 1.49. The Morgan fingerprint density at radius 1 is 1.32 bits per heavy atom. The quantitative estimate of drug-likeness (QED) is 0.292. The number of thiophene rings is 1. The first-order valence-corrected chi connectivity index (χ1v) is 8.56. The fourth-order valence-corrected chi connectivity index (χ4v) is 2.88. The standard InChI is InChI=1S/C17H22FN3O2S.HI/c1-3-19-16(20-10-12-6-7-14(22)13(18)9-12)21-11-17(2,23)15-5-4-8-24-15;/h4-9,22-23H,3,10-11H2,1-2H3,(H2,19,20,21);1H. The molecule has 5 nitrogen and oxygen atoms in total. The molecular weight excluding hydrogens is 456 g/mol. The van der Waals surface area contributed by atoms with E-state index in [1.807, 2.05) is 24.4 Å². The maximum Gasteiger partial charge on any atom is 0.191 e. The highest BCUT2D eigenvalue weighted by atomic mass is 127. The van der Waals surface area contributed by atoms with Crippen LogP contribution in [-0.4, -0.2) is 29.3 Å². The van der Waals surface area contributed by atoms with Gasteiger partial charge in [0, 0.05) is 11.4 Å². The fraction of sp³-hybridized carbons (Fsp3) is 0.353. The minimum absolute atomic E-state index is 0. The molecule has 0 aliphatic rings. The van der Waals surface area contributed by atoms with Gasteiger partial charge in [0.15, 0.2) is 17.5 Å². The smallest absolute Gasteiger partial charge is 0.191 e. The van der Waals surface area contributed by atoms with Crippen LogP contribution in [0.3, 0.4) is 0 Å². The molecule has 0 saturated heterocycles. The lowest BCUT2D eigenvalue weighted by Gasteiger charge is -2.23. The minimum Gasteiger partial charge on any atom is -0.505 e. The number of hydrogen-bond donors (Lipinski definition) is 4. The summed E-state index contributed by atoms with van der Waals surface area (Å²) in [4.78, 5) is 5.24. The topological polar surface area (TPSA) is 76.9 Å². The highest BCUT2D eigenvalue weighted by molar-refractivity contribution is 14.0. The average Bonchev–Trinajstić information content (AvgIpc) is 3.09. The summed E-state index contributed by atoms with van der Waals surface area (Å²) in [5.74, 6) is -0.510. The van der Waals surface area contributed by atoms with Crippen molar-refractivity contribution >= 4 is 41.3 Å². The highest BCUT2D eigenvalue weighted by Crippen LogP contribution is 2.24. The van der Waals surface area contributed by atoms with Crippen molar-refractivity contribution in [3.63, 3.8) is 0 Å². The molecule has 0 aliphatic heterocycles. The van der Waals surface area contributed by atoms with Gasteiger partial charge in [-0.1, -0.05) is 12.1 Å².